The Balaban J connectivity index is 2.94. The molecular formula is C9H12INO. The smallest absolute Gasteiger partial charge is 0.142 e. The van der Waals surface area contributed by atoms with Crippen molar-refractivity contribution < 1.29 is 4.74 Å². The van der Waals surface area contributed by atoms with Crippen LogP contribution in [0.2, 0.25) is 0 Å². The van der Waals surface area contributed by atoms with Gasteiger partial charge < -0.3 is 10.1 Å². The van der Waals surface area contributed by atoms with Gasteiger partial charge in [0.15, 0.2) is 0 Å². The topological polar surface area (TPSA) is 21.3 Å². The van der Waals surface area contributed by atoms with E-state index in [2.05, 4.69) is 34.0 Å². The van der Waals surface area contributed by atoms with Gasteiger partial charge in [0, 0.05) is 10.6 Å². The van der Waals surface area contributed by atoms with Gasteiger partial charge in [-0.1, -0.05) is 0 Å². The molecule has 0 heterocycles. The highest BCUT2D eigenvalue weighted by atomic mass is 127. The minimum absolute atomic E-state index is 0.704. The van der Waals surface area contributed by atoms with Gasteiger partial charge in [-0.05, 0) is 47.7 Å². The molecule has 0 fully saturated rings. The van der Waals surface area contributed by atoms with Crippen LogP contribution in [-0.4, -0.2) is 13.7 Å². The highest BCUT2D eigenvalue weighted by Crippen LogP contribution is 2.25. The molecule has 1 N–H and O–H groups in total. The van der Waals surface area contributed by atoms with Crippen LogP contribution >= 0.6 is 22.6 Å². The number of ether oxygens (including phenoxy) is 1. The van der Waals surface area contributed by atoms with E-state index in [0.29, 0.717) is 6.61 Å². The average molecular weight is 277 g/mol. The summed E-state index contributed by atoms with van der Waals surface area (Å²) < 4.78 is 6.63. The lowest BCUT2D eigenvalue weighted by atomic mass is 10.3. The standard InChI is InChI=1S/C9H12INO/c1-3-12-9-5-4-7(10)6-8(9)11-2/h4-6,11H,3H2,1-2H3. The van der Waals surface area contributed by atoms with Gasteiger partial charge in [-0.3, -0.25) is 0 Å². The van der Waals surface area contributed by atoms with E-state index in [4.69, 9.17) is 4.74 Å². The highest BCUT2D eigenvalue weighted by molar-refractivity contribution is 14.1. The molecule has 0 aromatic heterocycles. The first-order chi connectivity index (χ1) is 5.77. The van der Waals surface area contributed by atoms with Crippen LogP contribution in [0.3, 0.4) is 0 Å². The summed E-state index contributed by atoms with van der Waals surface area (Å²) in [6, 6.07) is 6.08. The Bertz CT molecular complexity index is 263. The second-order valence-electron chi connectivity index (χ2n) is 2.32. The molecular weight excluding hydrogens is 265 g/mol. The molecule has 3 heteroatoms. The summed E-state index contributed by atoms with van der Waals surface area (Å²) in [6.45, 7) is 2.69. The minimum Gasteiger partial charge on any atom is -0.492 e. The van der Waals surface area contributed by atoms with Crippen LogP contribution in [0.25, 0.3) is 0 Å². The molecule has 0 aliphatic rings. The van der Waals surface area contributed by atoms with Crippen molar-refractivity contribution in [3.05, 3.63) is 21.8 Å². The van der Waals surface area contributed by atoms with Gasteiger partial charge in [0.05, 0.1) is 12.3 Å². The number of halogens is 1. The van der Waals surface area contributed by atoms with Crippen LogP contribution in [0.1, 0.15) is 6.92 Å². The van der Waals surface area contributed by atoms with E-state index in [1.165, 1.54) is 3.57 Å². The first-order valence-electron chi connectivity index (χ1n) is 3.88. The molecule has 12 heavy (non-hydrogen) atoms. The summed E-state index contributed by atoms with van der Waals surface area (Å²) in [6.07, 6.45) is 0. The second-order valence-corrected chi connectivity index (χ2v) is 3.57. The third kappa shape index (κ3) is 2.27. The fraction of sp³-hybridized carbons (Fsp3) is 0.333. The Morgan fingerprint density at radius 3 is 2.83 bits per heavy atom. The number of hydrogen-bond acceptors (Lipinski definition) is 2. The summed E-state index contributed by atoms with van der Waals surface area (Å²) in [4.78, 5) is 0. The van der Waals surface area contributed by atoms with Crippen LogP contribution in [0.5, 0.6) is 5.75 Å². The van der Waals surface area contributed by atoms with Crippen LogP contribution < -0.4 is 10.1 Å². The van der Waals surface area contributed by atoms with Crippen molar-refractivity contribution in [1.29, 1.82) is 0 Å². The maximum absolute atomic E-state index is 5.42. The Hall–Kier alpha value is -0.450. The fourth-order valence-corrected chi connectivity index (χ4v) is 1.47. The normalized spacial score (nSPS) is 9.58. The molecule has 0 amide bonds. The van der Waals surface area contributed by atoms with Gasteiger partial charge >= 0.3 is 0 Å². The fourth-order valence-electron chi connectivity index (χ4n) is 0.979. The molecule has 0 aliphatic heterocycles. The molecule has 1 aromatic carbocycles. The van der Waals surface area contributed by atoms with Gasteiger partial charge in [-0.15, -0.1) is 0 Å². The average Bonchev–Trinajstić information content (AvgIpc) is 2.08. The zero-order chi connectivity index (χ0) is 8.97. The molecule has 0 saturated carbocycles. The first kappa shape index (κ1) is 9.64. The number of rotatable bonds is 3. The van der Waals surface area contributed by atoms with Crippen molar-refractivity contribution >= 4 is 28.3 Å². The molecule has 2 nitrogen and oxygen atoms in total. The van der Waals surface area contributed by atoms with Gasteiger partial charge in [0.2, 0.25) is 0 Å². The van der Waals surface area contributed by atoms with Gasteiger partial charge in [-0.25, -0.2) is 0 Å². The van der Waals surface area contributed by atoms with Gasteiger partial charge in [0.1, 0.15) is 5.75 Å². The highest BCUT2D eigenvalue weighted by Gasteiger charge is 2.00. The largest absolute Gasteiger partial charge is 0.492 e. The molecule has 0 radical (unpaired) electrons. The van der Waals surface area contributed by atoms with Crippen molar-refractivity contribution in [1.82, 2.24) is 0 Å². The lowest BCUT2D eigenvalue weighted by Crippen LogP contribution is -1.97. The number of anilines is 1. The number of benzene rings is 1. The monoisotopic (exact) mass is 277 g/mol. The molecule has 0 bridgehead atoms. The summed E-state index contributed by atoms with van der Waals surface area (Å²) in [5.74, 6) is 0.917. The van der Waals surface area contributed by atoms with Gasteiger partial charge in [0.25, 0.3) is 0 Å². The van der Waals surface area contributed by atoms with Crippen molar-refractivity contribution in [2.75, 3.05) is 19.0 Å². The summed E-state index contributed by atoms with van der Waals surface area (Å²) in [5, 5.41) is 3.09. The lowest BCUT2D eigenvalue weighted by molar-refractivity contribution is 0.342. The van der Waals surface area contributed by atoms with Crippen LogP contribution in [0.15, 0.2) is 18.2 Å². The quantitative estimate of drug-likeness (QED) is 0.858. The molecule has 0 atom stereocenters. The predicted molar refractivity (Wildman–Crippen MR) is 59.9 cm³/mol. The third-order valence-electron chi connectivity index (χ3n) is 1.51. The number of nitrogens with one attached hydrogen (secondary N) is 1. The molecule has 0 unspecified atom stereocenters. The SMILES string of the molecule is CCOc1ccc(I)cc1NC. The van der Waals surface area contributed by atoms with E-state index in [1.807, 2.05) is 26.1 Å². The molecule has 1 aromatic rings. The Morgan fingerprint density at radius 1 is 1.50 bits per heavy atom. The van der Waals surface area contributed by atoms with E-state index >= 15 is 0 Å². The lowest BCUT2D eigenvalue weighted by Gasteiger charge is -2.09. The molecule has 0 aliphatic carbocycles. The zero-order valence-electron chi connectivity index (χ0n) is 7.23. The van der Waals surface area contributed by atoms with E-state index in [1.54, 1.807) is 0 Å². The minimum atomic E-state index is 0.704. The first-order valence-corrected chi connectivity index (χ1v) is 4.96. The molecule has 0 spiro atoms. The maximum Gasteiger partial charge on any atom is 0.142 e. The van der Waals surface area contributed by atoms with E-state index in [9.17, 15) is 0 Å². The Labute approximate surface area is 86.5 Å². The number of hydrogen-bond donors (Lipinski definition) is 1. The second kappa shape index (κ2) is 4.54. The molecule has 1 rings (SSSR count). The van der Waals surface area contributed by atoms with Crippen LogP contribution in [0, 0.1) is 3.57 Å². The van der Waals surface area contributed by atoms with Crippen molar-refractivity contribution in [2.24, 2.45) is 0 Å². The summed E-state index contributed by atoms with van der Waals surface area (Å²) in [5.41, 5.74) is 1.05. The maximum atomic E-state index is 5.42. The molecule has 66 valence electrons. The van der Waals surface area contributed by atoms with Crippen LogP contribution in [-0.2, 0) is 0 Å². The molecule has 0 saturated heterocycles. The van der Waals surface area contributed by atoms with E-state index in [-0.39, 0.29) is 0 Å². The van der Waals surface area contributed by atoms with Crippen molar-refractivity contribution in [2.45, 2.75) is 6.92 Å². The van der Waals surface area contributed by atoms with E-state index < -0.39 is 0 Å². The Morgan fingerprint density at radius 2 is 2.25 bits per heavy atom. The summed E-state index contributed by atoms with van der Waals surface area (Å²) in [7, 11) is 1.90. The van der Waals surface area contributed by atoms with Crippen molar-refractivity contribution in [3.63, 3.8) is 0 Å². The Kier molecular flexibility index (Phi) is 3.65. The van der Waals surface area contributed by atoms with Crippen molar-refractivity contribution in [3.8, 4) is 5.75 Å². The van der Waals surface area contributed by atoms with E-state index in [0.717, 1.165) is 11.4 Å². The van der Waals surface area contributed by atoms with Crippen LogP contribution in [0.4, 0.5) is 5.69 Å². The third-order valence-corrected chi connectivity index (χ3v) is 2.18. The zero-order valence-corrected chi connectivity index (χ0v) is 9.38. The predicted octanol–water partition coefficient (Wildman–Crippen LogP) is 2.73. The summed E-state index contributed by atoms with van der Waals surface area (Å²) >= 11 is 2.28. The van der Waals surface area contributed by atoms with Gasteiger partial charge in [-0.2, -0.15) is 0 Å².